The quantitative estimate of drug-likeness (QED) is 0.927. The predicted octanol–water partition coefficient (Wildman–Crippen LogP) is 3.03. The highest BCUT2D eigenvalue weighted by molar-refractivity contribution is 7.86. The minimum atomic E-state index is -0.842. The molecule has 2 amide bonds. The van der Waals surface area contributed by atoms with Gasteiger partial charge in [0.25, 0.3) is 0 Å². The van der Waals surface area contributed by atoms with E-state index in [1.807, 2.05) is 13.8 Å². The van der Waals surface area contributed by atoms with E-state index < -0.39 is 10.8 Å². The van der Waals surface area contributed by atoms with E-state index in [2.05, 4.69) is 24.1 Å². The lowest BCUT2D eigenvalue weighted by molar-refractivity contribution is 0.209. The molecule has 0 radical (unpaired) electrons. The van der Waals surface area contributed by atoms with Crippen LogP contribution in [0.2, 0.25) is 0 Å². The number of nitrogens with one attached hydrogen (secondary N) is 1. The van der Waals surface area contributed by atoms with E-state index in [0.29, 0.717) is 13.1 Å². The van der Waals surface area contributed by atoms with Crippen molar-refractivity contribution in [1.82, 2.24) is 9.88 Å². The van der Waals surface area contributed by atoms with E-state index in [0.717, 1.165) is 17.1 Å². The molecule has 1 aliphatic heterocycles. The molecule has 7 heteroatoms. The molecule has 5 nitrogen and oxygen atoms in total. The SMILES string of the molecule is CCC1CN(C(=O)Nc2scnc2C(C)C)CC(C)S1=O. The summed E-state index contributed by atoms with van der Waals surface area (Å²) in [7, 11) is -0.842. The van der Waals surface area contributed by atoms with Crippen molar-refractivity contribution < 1.29 is 9.00 Å². The summed E-state index contributed by atoms with van der Waals surface area (Å²) in [5.74, 6) is 0.280. The van der Waals surface area contributed by atoms with E-state index in [1.165, 1.54) is 11.3 Å². The van der Waals surface area contributed by atoms with Crippen LogP contribution >= 0.6 is 11.3 Å². The molecule has 1 N–H and O–H groups in total. The fourth-order valence-corrected chi connectivity index (χ4v) is 4.97. The topological polar surface area (TPSA) is 62.3 Å². The third-order valence-electron chi connectivity index (χ3n) is 3.73. The van der Waals surface area contributed by atoms with Gasteiger partial charge < -0.3 is 4.90 Å². The van der Waals surface area contributed by atoms with Gasteiger partial charge in [0.2, 0.25) is 0 Å². The van der Waals surface area contributed by atoms with E-state index in [-0.39, 0.29) is 22.4 Å². The van der Waals surface area contributed by atoms with Crippen LogP contribution in [0, 0.1) is 0 Å². The lowest BCUT2D eigenvalue weighted by atomic mass is 10.1. The molecule has 3 unspecified atom stereocenters. The lowest BCUT2D eigenvalue weighted by Gasteiger charge is -2.35. The Balaban J connectivity index is 2.06. The Morgan fingerprint density at radius 3 is 2.90 bits per heavy atom. The molecule has 2 heterocycles. The third kappa shape index (κ3) is 3.63. The molecule has 1 aliphatic rings. The predicted molar refractivity (Wildman–Crippen MR) is 88.5 cm³/mol. The van der Waals surface area contributed by atoms with Crippen molar-refractivity contribution in [3.05, 3.63) is 11.2 Å². The molecule has 2 rings (SSSR count). The second kappa shape index (κ2) is 6.87. The molecule has 1 fully saturated rings. The van der Waals surface area contributed by atoms with Crippen LogP contribution in [0.1, 0.15) is 45.7 Å². The Labute approximate surface area is 132 Å². The largest absolute Gasteiger partial charge is 0.322 e. The number of thiazole rings is 1. The molecule has 3 atom stereocenters. The number of nitrogens with zero attached hydrogens (tertiary/aromatic N) is 2. The second-order valence-corrected chi connectivity index (χ2v) is 8.71. The van der Waals surface area contributed by atoms with Crippen molar-refractivity contribution in [2.45, 2.75) is 50.5 Å². The van der Waals surface area contributed by atoms with Crippen molar-refractivity contribution >= 4 is 33.2 Å². The maximum atomic E-state index is 12.4. The zero-order valence-corrected chi connectivity index (χ0v) is 14.6. The maximum absolute atomic E-state index is 12.4. The molecule has 21 heavy (non-hydrogen) atoms. The number of rotatable bonds is 3. The van der Waals surface area contributed by atoms with Crippen LogP contribution in [0.25, 0.3) is 0 Å². The van der Waals surface area contributed by atoms with Crippen molar-refractivity contribution in [1.29, 1.82) is 0 Å². The van der Waals surface area contributed by atoms with Crippen LogP contribution in [0.4, 0.5) is 9.80 Å². The van der Waals surface area contributed by atoms with Crippen LogP contribution < -0.4 is 5.32 Å². The van der Waals surface area contributed by atoms with Gasteiger partial charge in [-0.05, 0) is 19.3 Å². The number of hydrogen-bond donors (Lipinski definition) is 1. The monoisotopic (exact) mass is 329 g/mol. The number of aromatic nitrogens is 1. The summed E-state index contributed by atoms with van der Waals surface area (Å²) in [6.45, 7) is 9.20. The molecular formula is C14H23N3O2S2. The number of anilines is 1. The Hall–Kier alpha value is -0.950. The average molecular weight is 329 g/mol. The fourth-order valence-electron chi connectivity index (χ4n) is 2.50. The summed E-state index contributed by atoms with van der Waals surface area (Å²) in [4.78, 5) is 18.5. The fraction of sp³-hybridized carbons (Fsp3) is 0.714. The Morgan fingerprint density at radius 1 is 1.57 bits per heavy atom. The average Bonchev–Trinajstić information content (AvgIpc) is 2.89. The van der Waals surface area contributed by atoms with Crippen LogP contribution in [-0.2, 0) is 10.8 Å². The summed E-state index contributed by atoms with van der Waals surface area (Å²) in [6.07, 6.45) is 0.832. The molecule has 0 aromatic carbocycles. The smallest absolute Gasteiger partial charge is 0.322 e. The first-order chi connectivity index (χ1) is 9.93. The summed E-state index contributed by atoms with van der Waals surface area (Å²) in [5, 5.41) is 3.89. The number of carbonyl (C=O) groups is 1. The van der Waals surface area contributed by atoms with E-state index >= 15 is 0 Å². The Morgan fingerprint density at radius 2 is 2.29 bits per heavy atom. The first-order valence-corrected chi connectivity index (χ1v) is 9.48. The summed E-state index contributed by atoms with van der Waals surface area (Å²) in [6, 6.07) is -0.108. The summed E-state index contributed by atoms with van der Waals surface area (Å²) < 4.78 is 12.1. The number of carbonyl (C=O) groups excluding carboxylic acids is 1. The zero-order valence-electron chi connectivity index (χ0n) is 13.0. The molecule has 0 spiro atoms. The Kier molecular flexibility index (Phi) is 5.37. The molecule has 0 bridgehead atoms. The lowest BCUT2D eigenvalue weighted by Crippen LogP contribution is -2.51. The first kappa shape index (κ1) is 16.4. The normalized spacial score (nSPS) is 26.1. The molecule has 0 saturated carbocycles. The summed E-state index contributed by atoms with van der Waals surface area (Å²) in [5.41, 5.74) is 2.68. The standard InChI is InChI=1S/C14H23N3O2S2/c1-5-11-7-17(6-10(4)21(11)19)14(18)16-13-12(9(2)3)15-8-20-13/h8-11H,5-7H2,1-4H3,(H,16,18). The van der Waals surface area contributed by atoms with Crippen molar-refractivity contribution in [2.24, 2.45) is 0 Å². The van der Waals surface area contributed by atoms with Crippen LogP contribution in [0.5, 0.6) is 0 Å². The first-order valence-electron chi connectivity index (χ1n) is 7.32. The minimum Gasteiger partial charge on any atom is -0.322 e. The van der Waals surface area contributed by atoms with E-state index in [9.17, 15) is 9.00 Å². The molecule has 1 saturated heterocycles. The third-order valence-corrected chi connectivity index (χ3v) is 6.57. The summed E-state index contributed by atoms with van der Waals surface area (Å²) >= 11 is 1.45. The Bertz CT molecular complexity index is 530. The molecule has 0 aliphatic carbocycles. The van der Waals surface area contributed by atoms with Crippen LogP contribution in [0.3, 0.4) is 0 Å². The van der Waals surface area contributed by atoms with Crippen LogP contribution in [0.15, 0.2) is 5.51 Å². The minimum absolute atomic E-state index is 0.0282. The number of hydrogen-bond acceptors (Lipinski definition) is 4. The molecular weight excluding hydrogens is 306 g/mol. The number of amides is 2. The van der Waals surface area contributed by atoms with Gasteiger partial charge in [0.05, 0.1) is 16.5 Å². The van der Waals surface area contributed by atoms with E-state index in [1.54, 1.807) is 10.4 Å². The van der Waals surface area contributed by atoms with Gasteiger partial charge in [-0.1, -0.05) is 20.8 Å². The maximum Gasteiger partial charge on any atom is 0.322 e. The highest BCUT2D eigenvalue weighted by Crippen LogP contribution is 2.27. The van der Waals surface area contributed by atoms with Gasteiger partial charge >= 0.3 is 6.03 Å². The second-order valence-electron chi connectivity index (χ2n) is 5.73. The molecule has 118 valence electrons. The van der Waals surface area contributed by atoms with Crippen molar-refractivity contribution in [3.63, 3.8) is 0 Å². The molecule has 1 aromatic rings. The van der Waals surface area contributed by atoms with Gasteiger partial charge in [-0.15, -0.1) is 11.3 Å². The van der Waals surface area contributed by atoms with Crippen molar-refractivity contribution in [2.75, 3.05) is 18.4 Å². The highest BCUT2D eigenvalue weighted by Gasteiger charge is 2.33. The van der Waals surface area contributed by atoms with Crippen LogP contribution in [-0.4, -0.2) is 43.7 Å². The van der Waals surface area contributed by atoms with Gasteiger partial charge in [0.15, 0.2) is 0 Å². The number of urea groups is 1. The molecule has 1 aromatic heterocycles. The van der Waals surface area contributed by atoms with Gasteiger partial charge in [-0.3, -0.25) is 9.53 Å². The van der Waals surface area contributed by atoms with Gasteiger partial charge in [0.1, 0.15) is 5.00 Å². The van der Waals surface area contributed by atoms with E-state index in [4.69, 9.17) is 0 Å². The van der Waals surface area contributed by atoms with Gasteiger partial charge in [0, 0.05) is 29.1 Å². The van der Waals surface area contributed by atoms with Gasteiger partial charge in [-0.2, -0.15) is 0 Å². The van der Waals surface area contributed by atoms with Crippen molar-refractivity contribution in [3.8, 4) is 0 Å². The highest BCUT2D eigenvalue weighted by atomic mass is 32.2. The zero-order chi connectivity index (χ0) is 15.6. The van der Waals surface area contributed by atoms with Gasteiger partial charge in [-0.25, -0.2) is 9.78 Å².